The molecule has 0 spiro atoms. The van der Waals surface area contributed by atoms with Gasteiger partial charge in [-0.05, 0) is 24.6 Å². The van der Waals surface area contributed by atoms with Crippen molar-refractivity contribution in [1.82, 2.24) is 0 Å². The van der Waals surface area contributed by atoms with Gasteiger partial charge in [-0.2, -0.15) is 0 Å². The number of hydrogen-bond donors (Lipinski definition) is 1. The van der Waals surface area contributed by atoms with E-state index in [0.717, 1.165) is 0 Å². The summed E-state index contributed by atoms with van der Waals surface area (Å²) in [7, 11) is -2.64. The first-order valence-electron chi connectivity index (χ1n) is 4.18. The summed E-state index contributed by atoms with van der Waals surface area (Å²) in [5, 5.41) is 5.04. The lowest BCUT2D eigenvalue weighted by molar-refractivity contribution is 0.0600. The van der Waals surface area contributed by atoms with Crippen molar-refractivity contribution in [2.45, 2.75) is 11.8 Å². The molecule has 0 atom stereocenters. The normalized spacial score (nSPS) is 11.2. The van der Waals surface area contributed by atoms with E-state index in [0.29, 0.717) is 10.0 Å². The summed E-state index contributed by atoms with van der Waals surface area (Å²) in [4.78, 5) is 11.2. The molecular weight excluding hydrogens is 298 g/mol. The van der Waals surface area contributed by atoms with Crippen LogP contribution in [0.1, 0.15) is 15.9 Å². The summed E-state index contributed by atoms with van der Waals surface area (Å²) in [6.45, 7) is 1.59. The first-order valence-corrected chi connectivity index (χ1v) is 6.52. The van der Waals surface area contributed by atoms with Gasteiger partial charge in [-0.3, -0.25) is 0 Å². The Labute approximate surface area is 102 Å². The van der Waals surface area contributed by atoms with E-state index in [9.17, 15) is 13.2 Å². The van der Waals surface area contributed by atoms with Crippen molar-refractivity contribution in [2.24, 2.45) is 5.14 Å². The standard InChI is InChI=1S/C9H10BrNO4S/c1-5-7(10)3-6(9(12)15-2)4-8(5)16(11,13)14/h3-4H,1-2H3,(H2,11,13,14). The lowest BCUT2D eigenvalue weighted by atomic mass is 10.1. The molecule has 0 aliphatic rings. The van der Waals surface area contributed by atoms with Crippen molar-refractivity contribution in [3.8, 4) is 0 Å². The fourth-order valence-corrected chi connectivity index (χ4v) is 2.60. The van der Waals surface area contributed by atoms with Crippen molar-refractivity contribution in [2.75, 3.05) is 7.11 Å². The second-order valence-corrected chi connectivity index (χ2v) is 5.50. The van der Waals surface area contributed by atoms with Crippen LogP contribution in [0.3, 0.4) is 0 Å². The predicted molar refractivity (Wildman–Crippen MR) is 61.6 cm³/mol. The average Bonchev–Trinajstić information content (AvgIpc) is 2.18. The molecule has 0 aliphatic heterocycles. The minimum absolute atomic E-state index is 0.0951. The van der Waals surface area contributed by atoms with Gasteiger partial charge in [0, 0.05) is 4.47 Å². The molecular formula is C9H10BrNO4S. The molecule has 2 N–H and O–H groups in total. The van der Waals surface area contributed by atoms with E-state index in [-0.39, 0.29) is 10.5 Å². The van der Waals surface area contributed by atoms with Gasteiger partial charge in [0.2, 0.25) is 10.0 Å². The summed E-state index contributed by atoms with van der Waals surface area (Å²) in [5.74, 6) is -0.620. The average molecular weight is 308 g/mol. The quantitative estimate of drug-likeness (QED) is 0.832. The van der Waals surface area contributed by atoms with E-state index < -0.39 is 16.0 Å². The molecule has 0 saturated heterocycles. The number of benzene rings is 1. The molecule has 1 aromatic rings. The van der Waals surface area contributed by atoms with Gasteiger partial charge in [0.15, 0.2) is 0 Å². The number of primary sulfonamides is 1. The van der Waals surface area contributed by atoms with E-state index in [1.807, 2.05) is 0 Å². The fourth-order valence-electron chi connectivity index (χ4n) is 1.18. The molecule has 0 heterocycles. The maximum absolute atomic E-state index is 11.3. The largest absolute Gasteiger partial charge is 0.465 e. The topological polar surface area (TPSA) is 86.5 Å². The monoisotopic (exact) mass is 307 g/mol. The first kappa shape index (κ1) is 13.1. The molecule has 0 saturated carbocycles. The number of ether oxygens (including phenoxy) is 1. The summed E-state index contributed by atoms with van der Waals surface area (Å²) in [6.07, 6.45) is 0. The molecule has 1 rings (SSSR count). The lowest BCUT2D eigenvalue weighted by Gasteiger charge is -2.08. The smallest absolute Gasteiger partial charge is 0.337 e. The number of sulfonamides is 1. The zero-order chi connectivity index (χ0) is 12.5. The van der Waals surface area contributed by atoms with Gasteiger partial charge in [-0.25, -0.2) is 18.4 Å². The maximum Gasteiger partial charge on any atom is 0.337 e. The number of hydrogen-bond acceptors (Lipinski definition) is 4. The molecule has 0 fully saturated rings. The Morgan fingerprint density at radius 3 is 2.44 bits per heavy atom. The maximum atomic E-state index is 11.3. The summed E-state index contributed by atoms with van der Waals surface area (Å²) >= 11 is 3.16. The highest BCUT2D eigenvalue weighted by Gasteiger charge is 2.18. The molecule has 0 unspecified atom stereocenters. The molecule has 0 amide bonds. The molecule has 5 nitrogen and oxygen atoms in total. The van der Waals surface area contributed by atoms with Gasteiger partial charge in [0.05, 0.1) is 17.6 Å². The van der Waals surface area contributed by atoms with Gasteiger partial charge >= 0.3 is 5.97 Å². The number of carbonyl (C=O) groups excluding carboxylic acids is 1. The van der Waals surface area contributed by atoms with E-state index in [4.69, 9.17) is 5.14 Å². The molecule has 16 heavy (non-hydrogen) atoms. The predicted octanol–water partition coefficient (Wildman–Crippen LogP) is 1.19. The SMILES string of the molecule is COC(=O)c1cc(Br)c(C)c(S(N)(=O)=O)c1. The number of methoxy groups -OCH3 is 1. The third kappa shape index (κ3) is 2.60. The zero-order valence-corrected chi connectivity index (χ0v) is 11.1. The van der Waals surface area contributed by atoms with E-state index in [1.165, 1.54) is 19.2 Å². The zero-order valence-electron chi connectivity index (χ0n) is 8.65. The highest BCUT2D eigenvalue weighted by Crippen LogP contribution is 2.25. The van der Waals surface area contributed by atoms with Crippen LogP contribution in [0.25, 0.3) is 0 Å². The molecule has 7 heteroatoms. The van der Waals surface area contributed by atoms with Crippen LogP contribution in [0.2, 0.25) is 0 Å². The molecule has 0 aromatic heterocycles. The summed E-state index contributed by atoms with van der Waals surface area (Å²) in [5.41, 5.74) is 0.583. The van der Waals surface area contributed by atoms with Crippen molar-refractivity contribution < 1.29 is 17.9 Å². The Morgan fingerprint density at radius 1 is 1.44 bits per heavy atom. The molecule has 1 aromatic carbocycles. The van der Waals surface area contributed by atoms with Gasteiger partial charge in [0.1, 0.15) is 0 Å². The number of nitrogens with two attached hydrogens (primary N) is 1. The van der Waals surface area contributed by atoms with Gasteiger partial charge in [0.25, 0.3) is 0 Å². The van der Waals surface area contributed by atoms with Crippen LogP contribution in [0, 0.1) is 6.92 Å². The van der Waals surface area contributed by atoms with Crippen LogP contribution < -0.4 is 5.14 Å². The van der Waals surface area contributed by atoms with Crippen LogP contribution in [0.15, 0.2) is 21.5 Å². The van der Waals surface area contributed by atoms with Crippen molar-refractivity contribution in [3.05, 3.63) is 27.7 Å². The van der Waals surface area contributed by atoms with Crippen molar-refractivity contribution >= 4 is 31.9 Å². The molecule has 0 aliphatic carbocycles. The van der Waals surface area contributed by atoms with E-state index >= 15 is 0 Å². The molecule has 0 bridgehead atoms. The Bertz CT molecular complexity index is 539. The molecule has 0 radical (unpaired) electrons. The van der Waals surface area contributed by atoms with E-state index in [2.05, 4.69) is 20.7 Å². The fraction of sp³-hybridized carbons (Fsp3) is 0.222. The third-order valence-corrected chi connectivity index (χ3v) is 3.89. The lowest BCUT2D eigenvalue weighted by Crippen LogP contribution is -2.15. The van der Waals surface area contributed by atoms with E-state index in [1.54, 1.807) is 6.92 Å². The first-order chi connectivity index (χ1) is 7.27. The van der Waals surface area contributed by atoms with Crippen LogP contribution in [0.5, 0.6) is 0 Å². The number of carbonyl (C=O) groups is 1. The number of halogens is 1. The van der Waals surface area contributed by atoms with Crippen LogP contribution in [-0.2, 0) is 14.8 Å². The Hall–Kier alpha value is -0.920. The Balaban J connectivity index is 3.52. The minimum atomic E-state index is -3.86. The van der Waals surface area contributed by atoms with Crippen molar-refractivity contribution in [1.29, 1.82) is 0 Å². The number of rotatable bonds is 2. The van der Waals surface area contributed by atoms with Crippen LogP contribution in [-0.4, -0.2) is 21.5 Å². The highest BCUT2D eigenvalue weighted by molar-refractivity contribution is 9.10. The Kier molecular flexibility index (Phi) is 3.72. The van der Waals surface area contributed by atoms with Crippen molar-refractivity contribution in [3.63, 3.8) is 0 Å². The van der Waals surface area contributed by atoms with Crippen LogP contribution in [0.4, 0.5) is 0 Å². The molecule has 88 valence electrons. The second-order valence-electron chi connectivity index (χ2n) is 3.12. The third-order valence-electron chi connectivity index (χ3n) is 2.02. The van der Waals surface area contributed by atoms with Gasteiger partial charge in [-0.1, -0.05) is 15.9 Å². The van der Waals surface area contributed by atoms with Gasteiger partial charge in [-0.15, -0.1) is 0 Å². The summed E-state index contributed by atoms with van der Waals surface area (Å²) in [6, 6.07) is 2.68. The Morgan fingerprint density at radius 2 is 2.00 bits per heavy atom. The highest BCUT2D eigenvalue weighted by atomic mass is 79.9. The number of esters is 1. The minimum Gasteiger partial charge on any atom is -0.465 e. The van der Waals surface area contributed by atoms with Crippen LogP contribution >= 0.6 is 15.9 Å². The summed E-state index contributed by atoms with van der Waals surface area (Å²) < 4.78 is 27.5. The van der Waals surface area contributed by atoms with Gasteiger partial charge < -0.3 is 4.74 Å². The second kappa shape index (κ2) is 4.52.